The molecular formula is C70H63N3. The van der Waals surface area contributed by atoms with Crippen molar-refractivity contribution >= 4 is 34.1 Å². The number of nitrogens with one attached hydrogen (secondary N) is 3. The van der Waals surface area contributed by atoms with Gasteiger partial charge in [-0.2, -0.15) is 0 Å². The summed E-state index contributed by atoms with van der Waals surface area (Å²) in [5.74, 6) is 0. The zero-order chi connectivity index (χ0) is 50.3. The molecule has 0 atom stereocenters. The quantitative estimate of drug-likeness (QED) is 0.149. The molecule has 3 aliphatic rings. The second kappa shape index (κ2) is 19.0. The van der Waals surface area contributed by atoms with Gasteiger partial charge in [-0.1, -0.05) is 211 Å². The van der Waals surface area contributed by atoms with Crippen molar-refractivity contribution in [3.05, 3.63) is 276 Å². The predicted octanol–water partition coefficient (Wildman–Crippen LogP) is 19.2. The second-order valence-electron chi connectivity index (χ2n) is 21.3. The van der Waals surface area contributed by atoms with Crippen molar-refractivity contribution in [2.45, 2.75) is 64.7 Å². The summed E-state index contributed by atoms with van der Waals surface area (Å²) in [5.41, 5.74) is 27.3. The number of aryl methyl sites for hydroxylation is 1. The fraction of sp³-hybridized carbons (Fsp3) is 0.143. The first kappa shape index (κ1) is 47.0. The number of rotatable bonds is 7. The average Bonchev–Trinajstić information content (AvgIpc) is 3.90. The van der Waals surface area contributed by atoms with E-state index in [0.717, 1.165) is 34.1 Å². The Morgan fingerprint density at radius 3 is 0.890 bits per heavy atom. The molecule has 0 saturated carbocycles. The minimum atomic E-state index is 0.0286. The van der Waals surface area contributed by atoms with Crippen molar-refractivity contribution in [1.82, 2.24) is 0 Å². The summed E-state index contributed by atoms with van der Waals surface area (Å²) in [4.78, 5) is 0. The second-order valence-corrected chi connectivity index (χ2v) is 21.3. The Morgan fingerprint density at radius 2 is 0.507 bits per heavy atom. The molecule has 0 radical (unpaired) electrons. The summed E-state index contributed by atoms with van der Waals surface area (Å²) >= 11 is 0. The number of fused-ring (bicyclic) bond motifs is 9. The van der Waals surface area contributed by atoms with Gasteiger partial charge in [0.15, 0.2) is 0 Å². The van der Waals surface area contributed by atoms with Gasteiger partial charge in [-0.25, -0.2) is 0 Å². The molecule has 73 heavy (non-hydrogen) atoms. The lowest BCUT2D eigenvalue weighted by atomic mass is 9.82. The van der Waals surface area contributed by atoms with Gasteiger partial charge < -0.3 is 16.0 Å². The van der Waals surface area contributed by atoms with Crippen molar-refractivity contribution in [2.24, 2.45) is 0 Å². The van der Waals surface area contributed by atoms with E-state index in [-0.39, 0.29) is 16.2 Å². The third-order valence-electron chi connectivity index (χ3n) is 15.4. The molecule has 0 amide bonds. The van der Waals surface area contributed by atoms with Gasteiger partial charge in [0.1, 0.15) is 0 Å². The summed E-state index contributed by atoms with van der Waals surface area (Å²) in [7, 11) is 0. The molecule has 0 heterocycles. The monoisotopic (exact) mass is 946 g/mol. The van der Waals surface area contributed by atoms with Gasteiger partial charge >= 0.3 is 0 Å². The van der Waals surface area contributed by atoms with E-state index in [9.17, 15) is 0 Å². The fourth-order valence-electron chi connectivity index (χ4n) is 11.4. The van der Waals surface area contributed by atoms with E-state index in [1.54, 1.807) is 0 Å². The molecule has 0 spiro atoms. The van der Waals surface area contributed by atoms with Crippen LogP contribution in [0.2, 0.25) is 0 Å². The first-order chi connectivity index (χ1) is 35.3. The molecule has 10 aromatic carbocycles. The smallest absolute Gasteiger partial charge is 0.0387 e. The van der Waals surface area contributed by atoms with Gasteiger partial charge in [0.2, 0.25) is 0 Å². The van der Waals surface area contributed by atoms with Gasteiger partial charge in [0.05, 0.1) is 0 Å². The third kappa shape index (κ3) is 9.02. The van der Waals surface area contributed by atoms with Crippen LogP contribution in [0.1, 0.15) is 80.5 Å². The summed E-state index contributed by atoms with van der Waals surface area (Å²) in [6.45, 7) is 16.0. The number of benzene rings is 10. The van der Waals surface area contributed by atoms with Crippen molar-refractivity contribution in [3.63, 3.8) is 0 Å². The minimum Gasteiger partial charge on any atom is -0.356 e. The third-order valence-corrected chi connectivity index (χ3v) is 15.4. The Kier molecular flexibility index (Phi) is 12.2. The SMILES string of the molecule is CC1(C)c2ccccc2-c2ccc(Nc3ccc(-c4ccccc4)cc3)cc21.CC1(C)c2ccccc2-c2ccc(Nc3ccccc3)cc21.Cc1ccc(Nc2ccc3c(c2)C(C)(C)c2ccccc2-3)cc1. The molecule has 3 heteroatoms. The molecule has 0 saturated heterocycles. The van der Waals surface area contributed by atoms with E-state index < -0.39 is 0 Å². The number of hydrogen-bond donors (Lipinski definition) is 3. The van der Waals surface area contributed by atoms with Gasteiger partial charge in [-0.3, -0.25) is 0 Å². The Bertz CT molecular complexity index is 3600. The van der Waals surface area contributed by atoms with Crippen molar-refractivity contribution in [1.29, 1.82) is 0 Å². The molecule has 358 valence electrons. The molecular weight excluding hydrogens is 883 g/mol. The lowest BCUT2D eigenvalue weighted by Gasteiger charge is -2.22. The Balaban J connectivity index is 0.000000119. The molecule has 3 N–H and O–H groups in total. The highest BCUT2D eigenvalue weighted by atomic mass is 14.9. The molecule has 0 unspecified atom stereocenters. The van der Waals surface area contributed by atoms with E-state index >= 15 is 0 Å². The molecule has 0 aliphatic heterocycles. The van der Waals surface area contributed by atoms with E-state index in [1.807, 2.05) is 12.1 Å². The van der Waals surface area contributed by atoms with Crippen LogP contribution in [-0.2, 0) is 16.2 Å². The van der Waals surface area contributed by atoms with Crippen LogP contribution in [0.4, 0.5) is 34.1 Å². The maximum absolute atomic E-state index is 3.58. The lowest BCUT2D eigenvalue weighted by Crippen LogP contribution is -2.15. The standard InChI is InChI=1S/C27H23N.C22H21N.C21H19N/c1-27(2)25-11-7-6-10-23(25)24-17-16-22(18-26(24)27)28-21-14-12-20(13-15-21)19-8-4-3-5-9-19;1-15-8-10-16(11-9-15)23-17-12-13-19-18-6-4-5-7-20(18)22(2,3)21(19)14-17;1-21(2)19-11-7-6-10-17(19)18-13-12-16(14-20(18)21)22-15-8-4-3-5-9-15/h3-18,28H,1-2H3;4-14,23H,1-3H3;3-14,22H,1-2H3. The van der Waals surface area contributed by atoms with E-state index in [0.29, 0.717) is 0 Å². The van der Waals surface area contributed by atoms with Gasteiger partial charge in [-0.15, -0.1) is 0 Å². The highest BCUT2D eigenvalue weighted by molar-refractivity contribution is 5.85. The highest BCUT2D eigenvalue weighted by Gasteiger charge is 2.37. The lowest BCUT2D eigenvalue weighted by molar-refractivity contribution is 0.660. The summed E-state index contributed by atoms with van der Waals surface area (Å²) in [5, 5.41) is 10.6. The molecule has 0 bridgehead atoms. The van der Waals surface area contributed by atoms with E-state index in [1.165, 1.54) is 83.5 Å². The van der Waals surface area contributed by atoms with E-state index in [4.69, 9.17) is 0 Å². The van der Waals surface area contributed by atoms with Crippen LogP contribution in [0.15, 0.2) is 237 Å². The van der Waals surface area contributed by atoms with Crippen LogP contribution in [0.3, 0.4) is 0 Å². The van der Waals surface area contributed by atoms with Crippen LogP contribution >= 0.6 is 0 Å². The summed E-state index contributed by atoms with van der Waals surface area (Å²) in [6.07, 6.45) is 0. The zero-order valence-electron chi connectivity index (χ0n) is 43.0. The summed E-state index contributed by atoms with van der Waals surface area (Å²) < 4.78 is 0. The maximum Gasteiger partial charge on any atom is 0.0387 e. The van der Waals surface area contributed by atoms with Crippen LogP contribution < -0.4 is 16.0 Å². The zero-order valence-corrected chi connectivity index (χ0v) is 43.0. The fourth-order valence-corrected chi connectivity index (χ4v) is 11.4. The number of anilines is 6. The Morgan fingerprint density at radius 1 is 0.233 bits per heavy atom. The number of para-hydroxylation sites is 1. The normalized spacial score (nSPS) is 14.0. The van der Waals surface area contributed by atoms with Crippen molar-refractivity contribution in [3.8, 4) is 44.5 Å². The summed E-state index contributed by atoms with van der Waals surface area (Å²) in [6, 6.07) is 84.4. The van der Waals surface area contributed by atoms with Crippen LogP contribution in [0.25, 0.3) is 44.5 Å². The van der Waals surface area contributed by atoms with Crippen LogP contribution in [0.5, 0.6) is 0 Å². The van der Waals surface area contributed by atoms with Crippen LogP contribution in [-0.4, -0.2) is 0 Å². The minimum absolute atomic E-state index is 0.0286. The van der Waals surface area contributed by atoms with Gasteiger partial charge in [0.25, 0.3) is 0 Å². The first-order valence-corrected chi connectivity index (χ1v) is 25.7. The molecule has 0 fully saturated rings. The molecule has 3 aliphatic carbocycles. The molecule has 10 aromatic rings. The molecule has 3 nitrogen and oxygen atoms in total. The van der Waals surface area contributed by atoms with Crippen molar-refractivity contribution < 1.29 is 0 Å². The van der Waals surface area contributed by atoms with Crippen LogP contribution in [0, 0.1) is 6.92 Å². The van der Waals surface area contributed by atoms with Gasteiger partial charge in [0, 0.05) is 50.4 Å². The average molecular weight is 946 g/mol. The first-order valence-electron chi connectivity index (χ1n) is 25.7. The largest absolute Gasteiger partial charge is 0.356 e. The Labute approximate surface area is 432 Å². The van der Waals surface area contributed by atoms with Crippen molar-refractivity contribution in [2.75, 3.05) is 16.0 Å². The highest BCUT2D eigenvalue weighted by Crippen LogP contribution is 2.52. The molecule has 0 aromatic heterocycles. The predicted molar refractivity (Wildman–Crippen MR) is 311 cm³/mol. The molecule has 13 rings (SSSR count). The maximum atomic E-state index is 3.58. The number of hydrogen-bond acceptors (Lipinski definition) is 3. The topological polar surface area (TPSA) is 36.1 Å². The van der Waals surface area contributed by atoms with Gasteiger partial charge in [-0.05, 0) is 158 Å². The van der Waals surface area contributed by atoms with E-state index in [2.05, 4.69) is 289 Å². The Hall–Kier alpha value is -8.40.